The predicted octanol–water partition coefficient (Wildman–Crippen LogP) is 5.20. The summed E-state index contributed by atoms with van der Waals surface area (Å²) >= 11 is 6.53. The van der Waals surface area contributed by atoms with Crippen molar-refractivity contribution in [3.8, 4) is 5.75 Å². The van der Waals surface area contributed by atoms with E-state index >= 15 is 0 Å². The van der Waals surface area contributed by atoms with Gasteiger partial charge in [-0.25, -0.2) is 5.01 Å². The zero-order valence-corrected chi connectivity index (χ0v) is 19.5. The van der Waals surface area contributed by atoms with Gasteiger partial charge in [-0.2, -0.15) is 5.10 Å². The summed E-state index contributed by atoms with van der Waals surface area (Å²) in [4.78, 5) is 13.3. The lowest BCUT2D eigenvalue weighted by Gasteiger charge is -2.27. The lowest BCUT2D eigenvalue weighted by molar-refractivity contribution is -0.119. The van der Waals surface area contributed by atoms with Crippen LogP contribution in [0.15, 0.2) is 53.6 Å². The van der Waals surface area contributed by atoms with Gasteiger partial charge in [0.15, 0.2) is 0 Å². The second-order valence-corrected chi connectivity index (χ2v) is 8.77. The zero-order valence-electron chi connectivity index (χ0n) is 18.8. The first-order valence-corrected chi connectivity index (χ1v) is 11.9. The van der Waals surface area contributed by atoms with Crippen LogP contribution in [0, 0.1) is 5.92 Å². The quantitative estimate of drug-likeness (QED) is 0.651. The summed E-state index contributed by atoms with van der Waals surface area (Å²) in [5, 5.41) is 9.33. The number of carbonyl (C=O) groups excluding carboxylic acids is 1. The van der Waals surface area contributed by atoms with Crippen LogP contribution in [0.5, 0.6) is 5.75 Å². The molecule has 2 aromatic rings. The highest BCUT2D eigenvalue weighted by molar-refractivity contribution is 6.40. The number of amides is 1. The summed E-state index contributed by atoms with van der Waals surface area (Å²) in [5.74, 6) is 0.576. The molecule has 0 saturated carbocycles. The summed E-state index contributed by atoms with van der Waals surface area (Å²) in [6.07, 6.45) is 4.62. The molecular weight excluding hydrogens is 424 g/mol. The minimum Gasteiger partial charge on any atom is -0.494 e. The van der Waals surface area contributed by atoms with Crippen LogP contribution in [0.1, 0.15) is 51.1 Å². The van der Waals surface area contributed by atoms with Gasteiger partial charge >= 0.3 is 0 Å². The maximum atomic E-state index is 13.3. The van der Waals surface area contributed by atoms with Crippen molar-refractivity contribution in [3.63, 3.8) is 0 Å². The Morgan fingerprint density at radius 2 is 1.78 bits per heavy atom. The van der Waals surface area contributed by atoms with Crippen LogP contribution in [-0.2, 0) is 4.79 Å². The number of hydrogen-bond donors (Lipinski definition) is 1. The molecule has 170 valence electrons. The number of anilines is 1. The second-order valence-electron chi connectivity index (χ2n) is 8.36. The normalized spacial score (nSPS) is 21.7. The third-order valence-corrected chi connectivity index (χ3v) is 6.43. The average molecular weight is 455 g/mol. The van der Waals surface area contributed by atoms with E-state index in [0.29, 0.717) is 17.3 Å². The smallest absolute Gasteiger partial charge is 0.282 e. The van der Waals surface area contributed by atoms with E-state index in [1.54, 1.807) is 0 Å². The molecule has 0 unspecified atom stereocenters. The highest BCUT2D eigenvalue weighted by Gasteiger charge is 2.40. The Morgan fingerprint density at radius 3 is 2.44 bits per heavy atom. The molecule has 2 aliphatic rings. The molecule has 0 aliphatic carbocycles. The molecule has 2 atom stereocenters. The number of halogens is 1. The molecule has 1 saturated heterocycles. The fourth-order valence-corrected chi connectivity index (χ4v) is 4.69. The van der Waals surface area contributed by atoms with E-state index in [4.69, 9.17) is 21.4 Å². The number of ether oxygens (including phenoxy) is 1. The molecule has 4 rings (SSSR count). The first-order chi connectivity index (χ1) is 15.6. The molecule has 2 aromatic carbocycles. The number of para-hydroxylation sites is 1. The minimum absolute atomic E-state index is 0.115. The number of carbonyl (C=O) groups is 1. The van der Waals surface area contributed by atoms with Gasteiger partial charge in [0.2, 0.25) is 0 Å². The van der Waals surface area contributed by atoms with Gasteiger partial charge in [0.05, 0.1) is 23.4 Å². The summed E-state index contributed by atoms with van der Waals surface area (Å²) in [7, 11) is 0. The van der Waals surface area contributed by atoms with Gasteiger partial charge in [0, 0.05) is 19.0 Å². The maximum Gasteiger partial charge on any atom is 0.282 e. The Morgan fingerprint density at radius 1 is 1.09 bits per heavy atom. The third-order valence-electron chi connectivity index (χ3n) is 6.11. The molecule has 2 aliphatic heterocycles. The van der Waals surface area contributed by atoms with Crippen LogP contribution in [0.3, 0.4) is 0 Å². The number of hydrogen-bond acceptors (Lipinski definition) is 5. The zero-order chi connectivity index (χ0) is 22.5. The maximum absolute atomic E-state index is 13.3. The van der Waals surface area contributed by atoms with Crippen LogP contribution in [0.2, 0.25) is 5.02 Å². The molecule has 2 heterocycles. The SMILES string of the molecule is CCOc1ccc([C@@H]2[C@H](C)C(C(=O)NN3CCCCCC3)=NN2c2ccccc2Cl)cc1. The predicted molar refractivity (Wildman–Crippen MR) is 129 cm³/mol. The van der Waals surface area contributed by atoms with Gasteiger partial charge in [0.1, 0.15) is 11.5 Å². The summed E-state index contributed by atoms with van der Waals surface area (Å²) in [6.45, 7) is 6.40. The number of hydrazine groups is 1. The van der Waals surface area contributed by atoms with Crippen molar-refractivity contribution in [2.24, 2.45) is 11.0 Å². The number of nitrogens with zero attached hydrogens (tertiary/aromatic N) is 3. The molecule has 1 amide bonds. The fourth-order valence-electron chi connectivity index (χ4n) is 4.47. The van der Waals surface area contributed by atoms with Gasteiger partial charge in [0.25, 0.3) is 5.91 Å². The van der Waals surface area contributed by atoms with E-state index < -0.39 is 0 Å². The lowest BCUT2D eigenvalue weighted by Crippen LogP contribution is -2.46. The van der Waals surface area contributed by atoms with Crippen molar-refractivity contribution in [2.45, 2.75) is 45.6 Å². The molecule has 0 spiro atoms. The standard InChI is InChI=1S/C25H31ClN4O2/c1-3-32-20-14-12-19(13-15-20)24-18(2)23(25(31)28-29-16-8-4-5-9-17-29)27-30(24)22-11-7-6-10-21(22)26/h6-7,10-15,18,24H,3-5,8-9,16-17H2,1-2H3,(H,28,31)/t18-,24+/m1/s1. The van der Waals surface area contributed by atoms with Crippen LogP contribution >= 0.6 is 11.6 Å². The lowest BCUT2D eigenvalue weighted by atomic mass is 9.91. The number of nitrogens with one attached hydrogen (secondary N) is 1. The molecule has 1 N–H and O–H groups in total. The third kappa shape index (κ3) is 4.92. The van der Waals surface area contributed by atoms with E-state index in [1.807, 2.05) is 65.5 Å². The molecule has 32 heavy (non-hydrogen) atoms. The molecule has 6 nitrogen and oxygen atoms in total. The highest BCUT2D eigenvalue weighted by atomic mass is 35.5. The fraction of sp³-hybridized carbons (Fsp3) is 0.440. The molecular formula is C25H31ClN4O2. The first-order valence-electron chi connectivity index (χ1n) is 11.5. The van der Waals surface area contributed by atoms with Crippen molar-refractivity contribution in [1.29, 1.82) is 0 Å². The summed E-state index contributed by atoms with van der Waals surface area (Å²) < 4.78 is 5.60. The van der Waals surface area contributed by atoms with Crippen molar-refractivity contribution < 1.29 is 9.53 Å². The number of hydrazone groups is 1. The van der Waals surface area contributed by atoms with E-state index in [1.165, 1.54) is 12.8 Å². The monoisotopic (exact) mass is 454 g/mol. The van der Waals surface area contributed by atoms with E-state index in [0.717, 1.165) is 42.9 Å². The van der Waals surface area contributed by atoms with Crippen LogP contribution < -0.4 is 15.2 Å². The Hall–Kier alpha value is -2.57. The summed E-state index contributed by atoms with van der Waals surface area (Å²) in [6, 6.07) is 15.5. The van der Waals surface area contributed by atoms with Crippen molar-refractivity contribution in [3.05, 3.63) is 59.1 Å². The number of benzene rings is 2. The van der Waals surface area contributed by atoms with Crippen molar-refractivity contribution in [1.82, 2.24) is 10.4 Å². The van der Waals surface area contributed by atoms with Crippen LogP contribution in [0.25, 0.3) is 0 Å². The molecule has 0 bridgehead atoms. The minimum atomic E-state index is -0.143. The largest absolute Gasteiger partial charge is 0.494 e. The molecule has 0 aromatic heterocycles. The van der Waals surface area contributed by atoms with E-state index in [2.05, 4.69) is 12.3 Å². The topological polar surface area (TPSA) is 57.2 Å². The van der Waals surface area contributed by atoms with Crippen molar-refractivity contribution in [2.75, 3.05) is 24.7 Å². The van der Waals surface area contributed by atoms with Gasteiger partial charge in [-0.15, -0.1) is 0 Å². The Kier molecular flexibility index (Phi) is 7.33. The molecule has 1 fully saturated rings. The number of rotatable bonds is 6. The molecule has 0 radical (unpaired) electrons. The van der Waals surface area contributed by atoms with Crippen LogP contribution in [0.4, 0.5) is 5.69 Å². The van der Waals surface area contributed by atoms with Gasteiger partial charge in [-0.05, 0) is 49.6 Å². The Balaban J connectivity index is 1.63. The Bertz CT molecular complexity index is 955. The van der Waals surface area contributed by atoms with E-state index in [9.17, 15) is 4.79 Å². The summed E-state index contributed by atoms with van der Waals surface area (Å²) in [5.41, 5.74) is 5.47. The van der Waals surface area contributed by atoms with Gasteiger partial charge < -0.3 is 4.74 Å². The van der Waals surface area contributed by atoms with E-state index in [-0.39, 0.29) is 17.9 Å². The van der Waals surface area contributed by atoms with Gasteiger partial charge in [-0.3, -0.25) is 15.2 Å². The van der Waals surface area contributed by atoms with Gasteiger partial charge in [-0.1, -0.05) is 55.6 Å². The molecule has 7 heteroatoms. The first kappa shape index (κ1) is 22.6. The van der Waals surface area contributed by atoms with Crippen LogP contribution in [-0.4, -0.2) is 36.3 Å². The second kappa shape index (κ2) is 10.4. The highest BCUT2D eigenvalue weighted by Crippen LogP contribution is 2.42. The Labute approximate surface area is 195 Å². The average Bonchev–Trinajstić information content (AvgIpc) is 2.95. The van der Waals surface area contributed by atoms with Crippen molar-refractivity contribution >= 4 is 28.9 Å².